The van der Waals surface area contributed by atoms with Crippen LogP contribution in [0, 0.1) is 11.3 Å². The summed E-state index contributed by atoms with van der Waals surface area (Å²) >= 11 is 0. The molecule has 3 aliphatic rings. The lowest BCUT2D eigenvalue weighted by Gasteiger charge is -2.37. The molecule has 0 atom stereocenters. The highest BCUT2D eigenvalue weighted by Crippen LogP contribution is 2.39. The van der Waals surface area contributed by atoms with E-state index in [0.29, 0.717) is 18.7 Å². The van der Waals surface area contributed by atoms with E-state index in [9.17, 15) is 9.59 Å². The Kier molecular flexibility index (Phi) is 3.39. The molecular formula is C14H21N3O2. The van der Waals surface area contributed by atoms with Gasteiger partial charge in [0.05, 0.1) is 0 Å². The molecule has 2 aliphatic heterocycles. The number of rotatable bonds is 1. The second-order valence-corrected chi connectivity index (χ2v) is 5.92. The molecule has 1 saturated carbocycles. The van der Waals surface area contributed by atoms with Gasteiger partial charge in [-0.1, -0.05) is 19.3 Å². The van der Waals surface area contributed by atoms with Crippen LogP contribution in [0.25, 0.3) is 0 Å². The Balaban J connectivity index is 1.81. The Morgan fingerprint density at radius 3 is 2.37 bits per heavy atom. The summed E-state index contributed by atoms with van der Waals surface area (Å²) in [5.74, 6) is 0.563. The number of carbonyl (C=O) groups excluding carboxylic acids is 2. The summed E-state index contributed by atoms with van der Waals surface area (Å²) in [6.45, 7) is 1.86. The first-order chi connectivity index (χ1) is 9.22. The van der Waals surface area contributed by atoms with Crippen molar-refractivity contribution in [2.45, 2.75) is 44.9 Å². The zero-order valence-corrected chi connectivity index (χ0v) is 11.2. The molecule has 2 fully saturated rings. The molecule has 2 N–H and O–H groups in total. The van der Waals surface area contributed by atoms with E-state index in [-0.39, 0.29) is 17.7 Å². The van der Waals surface area contributed by atoms with Crippen LogP contribution in [0.5, 0.6) is 0 Å². The normalized spacial score (nSPS) is 28.1. The zero-order valence-electron chi connectivity index (χ0n) is 11.2. The van der Waals surface area contributed by atoms with Crippen molar-refractivity contribution in [2.75, 3.05) is 13.1 Å². The van der Waals surface area contributed by atoms with Gasteiger partial charge >= 0.3 is 0 Å². The van der Waals surface area contributed by atoms with Gasteiger partial charge in [-0.25, -0.2) is 0 Å². The van der Waals surface area contributed by atoms with Crippen molar-refractivity contribution in [2.24, 2.45) is 16.3 Å². The lowest BCUT2D eigenvalue weighted by atomic mass is 9.71. The summed E-state index contributed by atoms with van der Waals surface area (Å²) in [7, 11) is 0. The SMILES string of the molecule is O=C1N=C(C2CCNCC2)NC(=O)C12CCCCC2. The number of nitrogens with zero attached hydrogens (tertiary/aromatic N) is 1. The Hall–Kier alpha value is -1.23. The van der Waals surface area contributed by atoms with Gasteiger partial charge in [0.2, 0.25) is 5.91 Å². The van der Waals surface area contributed by atoms with E-state index in [1.54, 1.807) is 0 Å². The van der Waals surface area contributed by atoms with Crippen LogP contribution in [0.3, 0.4) is 0 Å². The third-order valence-electron chi connectivity index (χ3n) is 4.74. The number of aliphatic imine (C=N–C) groups is 1. The smallest absolute Gasteiger partial charge is 0.263 e. The van der Waals surface area contributed by atoms with Gasteiger partial charge in [0.15, 0.2) is 0 Å². The number of hydrogen-bond donors (Lipinski definition) is 2. The van der Waals surface area contributed by atoms with Crippen molar-refractivity contribution < 1.29 is 9.59 Å². The van der Waals surface area contributed by atoms with E-state index >= 15 is 0 Å². The van der Waals surface area contributed by atoms with E-state index in [0.717, 1.165) is 45.2 Å². The molecule has 2 amide bonds. The van der Waals surface area contributed by atoms with Crippen molar-refractivity contribution in [3.63, 3.8) is 0 Å². The maximum Gasteiger partial charge on any atom is 0.263 e. The fraction of sp³-hybridized carbons (Fsp3) is 0.786. The highest BCUT2D eigenvalue weighted by Gasteiger charge is 2.49. The molecule has 2 heterocycles. The Morgan fingerprint density at radius 1 is 1.05 bits per heavy atom. The molecule has 0 bridgehead atoms. The lowest BCUT2D eigenvalue weighted by Crippen LogP contribution is -2.55. The van der Waals surface area contributed by atoms with Gasteiger partial charge in [-0.2, -0.15) is 4.99 Å². The molecule has 1 aliphatic carbocycles. The van der Waals surface area contributed by atoms with Crippen LogP contribution in [0.1, 0.15) is 44.9 Å². The first kappa shape index (κ1) is 12.8. The van der Waals surface area contributed by atoms with Crippen molar-refractivity contribution in [1.82, 2.24) is 10.6 Å². The predicted molar refractivity (Wildman–Crippen MR) is 71.7 cm³/mol. The Labute approximate surface area is 113 Å². The van der Waals surface area contributed by atoms with Crippen molar-refractivity contribution in [3.8, 4) is 0 Å². The van der Waals surface area contributed by atoms with Crippen LogP contribution in [-0.4, -0.2) is 30.7 Å². The number of piperidine rings is 1. The lowest BCUT2D eigenvalue weighted by molar-refractivity contribution is -0.144. The number of hydrogen-bond acceptors (Lipinski definition) is 3. The number of amidine groups is 1. The summed E-state index contributed by atoms with van der Waals surface area (Å²) in [5.41, 5.74) is -0.839. The third kappa shape index (κ3) is 2.20. The van der Waals surface area contributed by atoms with Crippen LogP contribution in [0.15, 0.2) is 4.99 Å². The minimum absolute atomic E-state index is 0.0965. The zero-order chi connectivity index (χ0) is 13.3. The second kappa shape index (κ2) is 5.04. The van der Waals surface area contributed by atoms with Gasteiger partial charge in [-0.15, -0.1) is 0 Å². The number of amides is 2. The molecule has 19 heavy (non-hydrogen) atoms. The number of carbonyl (C=O) groups is 2. The fourth-order valence-corrected chi connectivity index (χ4v) is 3.46. The summed E-state index contributed by atoms with van der Waals surface area (Å²) in [6, 6.07) is 0. The van der Waals surface area contributed by atoms with Crippen LogP contribution in [0.4, 0.5) is 0 Å². The minimum Gasteiger partial charge on any atom is -0.317 e. The van der Waals surface area contributed by atoms with Gasteiger partial charge in [-0.3, -0.25) is 9.59 Å². The first-order valence-corrected chi connectivity index (χ1v) is 7.37. The molecule has 5 nitrogen and oxygen atoms in total. The maximum atomic E-state index is 12.4. The van der Waals surface area contributed by atoms with Crippen molar-refractivity contribution in [1.29, 1.82) is 0 Å². The largest absolute Gasteiger partial charge is 0.317 e. The standard InChI is InChI=1S/C14H21N3O2/c18-12-14(6-2-1-3-7-14)13(19)17-11(16-12)10-4-8-15-9-5-10/h10,15H,1-9H2,(H,16,17,18,19). The van der Waals surface area contributed by atoms with E-state index in [1.165, 1.54) is 0 Å². The van der Waals surface area contributed by atoms with Gasteiger partial charge in [-0.05, 0) is 38.8 Å². The number of nitrogens with one attached hydrogen (secondary N) is 2. The Morgan fingerprint density at radius 2 is 1.74 bits per heavy atom. The van der Waals surface area contributed by atoms with Crippen LogP contribution < -0.4 is 10.6 Å². The predicted octanol–water partition coefficient (Wildman–Crippen LogP) is 0.991. The molecule has 3 rings (SSSR count). The van der Waals surface area contributed by atoms with Crippen LogP contribution in [0.2, 0.25) is 0 Å². The summed E-state index contributed by atoms with van der Waals surface area (Å²) < 4.78 is 0. The Bertz CT molecular complexity index is 418. The van der Waals surface area contributed by atoms with Crippen LogP contribution in [-0.2, 0) is 9.59 Å². The van der Waals surface area contributed by atoms with Crippen molar-refractivity contribution >= 4 is 17.6 Å². The van der Waals surface area contributed by atoms with E-state index in [2.05, 4.69) is 15.6 Å². The molecule has 0 aromatic rings. The van der Waals surface area contributed by atoms with Crippen molar-refractivity contribution in [3.05, 3.63) is 0 Å². The highest BCUT2D eigenvalue weighted by molar-refractivity contribution is 6.19. The average Bonchev–Trinajstić information content (AvgIpc) is 2.46. The van der Waals surface area contributed by atoms with Gasteiger partial charge in [0.25, 0.3) is 5.91 Å². The molecule has 1 spiro atoms. The van der Waals surface area contributed by atoms with E-state index in [4.69, 9.17) is 0 Å². The summed E-state index contributed by atoms with van der Waals surface area (Å²) in [6.07, 6.45) is 6.25. The van der Waals surface area contributed by atoms with Gasteiger partial charge in [0, 0.05) is 5.92 Å². The van der Waals surface area contributed by atoms with E-state index < -0.39 is 5.41 Å². The maximum absolute atomic E-state index is 12.4. The highest BCUT2D eigenvalue weighted by atomic mass is 16.2. The van der Waals surface area contributed by atoms with Gasteiger partial charge in [0.1, 0.15) is 11.3 Å². The third-order valence-corrected chi connectivity index (χ3v) is 4.74. The van der Waals surface area contributed by atoms with E-state index in [1.807, 2.05) is 0 Å². The van der Waals surface area contributed by atoms with Gasteiger partial charge < -0.3 is 10.6 Å². The first-order valence-electron chi connectivity index (χ1n) is 7.37. The molecule has 1 saturated heterocycles. The fourth-order valence-electron chi connectivity index (χ4n) is 3.46. The summed E-state index contributed by atoms with van der Waals surface area (Å²) in [4.78, 5) is 29.0. The second-order valence-electron chi connectivity index (χ2n) is 5.92. The average molecular weight is 263 g/mol. The molecule has 5 heteroatoms. The molecule has 0 unspecified atom stereocenters. The molecule has 0 aromatic heterocycles. The topological polar surface area (TPSA) is 70.6 Å². The molecular weight excluding hydrogens is 242 g/mol. The molecule has 104 valence electrons. The van der Waals surface area contributed by atoms with Crippen LogP contribution >= 0.6 is 0 Å². The quantitative estimate of drug-likeness (QED) is 0.693. The monoisotopic (exact) mass is 263 g/mol. The molecule has 0 aromatic carbocycles. The molecule has 0 radical (unpaired) electrons. The minimum atomic E-state index is -0.839. The summed E-state index contributed by atoms with van der Waals surface area (Å²) in [5, 5.41) is 6.22.